The summed E-state index contributed by atoms with van der Waals surface area (Å²) >= 11 is 0. The first kappa shape index (κ1) is 14.0. The zero-order valence-electron chi connectivity index (χ0n) is 12.1. The van der Waals surface area contributed by atoms with Gasteiger partial charge in [0.05, 0.1) is 18.0 Å². The fourth-order valence-electron chi connectivity index (χ4n) is 2.74. The van der Waals surface area contributed by atoms with Gasteiger partial charge in [0.2, 0.25) is 0 Å². The van der Waals surface area contributed by atoms with E-state index in [-0.39, 0.29) is 0 Å². The molecule has 3 nitrogen and oxygen atoms in total. The number of nitrogens with one attached hydrogen (secondary N) is 1. The van der Waals surface area contributed by atoms with Gasteiger partial charge in [-0.25, -0.2) is 0 Å². The van der Waals surface area contributed by atoms with Crippen LogP contribution in [0.3, 0.4) is 0 Å². The van der Waals surface area contributed by atoms with Crippen LogP contribution in [0.15, 0.2) is 18.2 Å². The highest BCUT2D eigenvalue weighted by atomic mass is 16.5. The molecule has 0 bridgehead atoms. The standard InChI is InChI=1S/C16H26N2O/c1-3-11-19-15-10-6-9-14(16(15)17)18-13-8-5-4-7-12(13)2/h6,9-10,12-13,18H,3-5,7-8,11,17H2,1-2H3. The quantitative estimate of drug-likeness (QED) is 0.787. The Morgan fingerprint density at radius 2 is 2.11 bits per heavy atom. The third kappa shape index (κ3) is 3.55. The van der Waals surface area contributed by atoms with Gasteiger partial charge in [0.25, 0.3) is 0 Å². The van der Waals surface area contributed by atoms with Crippen molar-refractivity contribution in [3.05, 3.63) is 18.2 Å². The molecule has 106 valence electrons. The van der Waals surface area contributed by atoms with Crippen LogP contribution in [0, 0.1) is 5.92 Å². The third-order valence-electron chi connectivity index (χ3n) is 3.98. The van der Waals surface area contributed by atoms with E-state index < -0.39 is 0 Å². The molecule has 0 spiro atoms. The number of benzene rings is 1. The summed E-state index contributed by atoms with van der Waals surface area (Å²) in [6, 6.07) is 6.55. The summed E-state index contributed by atoms with van der Waals surface area (Å²) in [6.07, 6.45) is 6.21. The largest absolute Gasteiger partial charge is 0.491 e. The van der Waals surface area contributed by atoms with E-state index in [2.05, 4.69) is 25.2 Å². The maximum atomic E-state index is 6.20. The Hall–Kier alpha value is -1.38. The number of hydrogen-bond donors (Lipinski definition) is 2. The van der Waals surface area contributed by atoms with Crippen LogP contribution in [0.4, 0.5) is 11.4 Å². The first-order chi connectivity index (χ1) is 9.22. The predicted octanol–water partition coefficient (Wildman–Crippen LogP) is 4.05. The van der Waals surface area contributed by atoms with Gasteiger partial charge in [-0.15, -0.1) is 0 Å². The summed E-state index contributed by atoms with van der Waals surface area (Å²) in [6.45, 7) is 5.14. The number of hydrogen-bond acceptors (Lipinski definition) is 3. The highest BCUT2D eigenvalue weighted by molar-refractivity contribution is 5.73. The third-order valence-corrected chi connectivity index (χ3v) is 3.98. The average molecular weight is 262 g/mol. The number of nitrogens with two attached hydrogens (primary N) is 1. The number of para-hydroxylation sites is 1. The van der Waals surface area contributed by atoms with Gasteiger partial charge in [0, 0.05) is 6.04 Å². The molecule has 0 aliphatic heterocycles. The minimum absolute atomic E-state index is 0.539. The molecule has 1 aliphatic carbocycles. The van der Waals surface area contributed by atoms with Gasteiger partial charge in [0.1, 0.15) is 5.75 Å². The van der Waals surface area contributed by atoms with E-state index in [1.807, 2.05) is 12.1 Å². The molecule has 1 saturated carbocycles. The molecule has 1 aromatic carbocycles. The second-order valence-corrected chi connectivity index (χ2v) is 5.58. The van der Waals surface area contributed by atoms with Crippen LogP contribution in [-0.2, 0) is 0 Å². The summed E-state index contributed by atoms with van der Waals surface area (Å²) < 4.78 is 5.68. The van der Waals surface area contributed by atoms with Crippen LogP contribution >= 0.6 is 0 Å². The summed E-state index contributed by atoms with van der Waals surface area (Å²) in [5.41, 5.74) is 7.96. The molecule has 2 unspecified atom stereocenters. The van der Waals surface area contributed by atoms with Crippen molar-refractivity contribution in [1.82, 2.24) is 0 Å². The van der Waals surface area contributed by atoms with E-state index in [4.69, 9.17) is 10.5 Å². The van der Waals surface area contributed by atoms with Crippen LogP contribution < -0.4 is 15.8 Å². The molecule has 0 radical (unpaired) electrons. The second-order valence-electron chi connectivity index (χ2n) is 5.58. The number of ether oxygens (including phenoxy) is 1. The molecule has 3 heteroatoms. The minimum atomic E-state index is 0.539. The number of rotatable bonds is 5. The molecule has 3 N–H and O–H groups in total. The smallest absolute Gasteiger partial charge is 0.144 e. The van der Waals surface area contributed by atoms with Crippen molar-refractivity contribution in [3.63, 3.8) is 0 Å². The highest BCUT2D eigenvalue weighted by Crippen LogP contribution is 2.33. The van der Waals surface area contributed by atoms with E-state index in [1.165, 1.54) is 25.7 Å². The number of nitrogen functional groups attached to an aromatic ring is 1. The zero-order chi connectivity index (χ0) is 13.7. The van der Waals surface area contributed by atoms with Crippen LogP contribution in [0.1, 0.15) is 46.0 Å². The maximum Gasteiger partial charge on any atom is 0.144 e. The fourth-order valence-corrected chi connectivity index (χ4v) is 2.74. The predicted molar refractivity (Wildman–Crippen MR) is 81.7 cm³/mol. The van der Waals surface area contributed by atoms with Gasteiger partial charge in [-0.2, -0.15) is 0 Å². The van der Waals surface area contributed by atoms with Gasteiger partial charge in [-0.3, -0.25) is 0 Å². The van der Waals surface area contributed by atoms with E-state index in [1.54, 1.807) is 0 Å². The summed E-state index contributed by atoms with van der Waals surface area (Å²) in [5, 5.41) is 3.61. The van der Waals surface area contributed by atoms with Gasteiger partial charge in [0.15, 0.2) is 0 Å². The molecule has 0 amide bonds. The Labute approximate surface area is 116 Å². The van der Waals surface area contributed by atoms with Crippen LogP contribution in [0.5, 0.6) is 5.75 Å². The summed E-state index contributed by atoms with van der Waals surface area (Å²) in [7, 11) is 0. The molecular weight excluding hydrogens is 236 g/mol. The molecule has 1 aliphatic rings. The summed E-state index contributed by atoms with van der Waals surface area (Å²) in [5.74, 6) is 1.52. The van der Waals surface area contributed by atoms with Crippen LogP contribution in [0.2, 0.25) is 0 Å². The Bertz CT molecular complexity index is 406. The van der Waals surface area contributed by atoms with Crippen molar-refractivity contribution < 1.29 is 4.74 Å². The van der Waals surface area contributed by atoms with Crippen LogP contribution in [-0.4, -0.2) is 12.6 Å². The Morgan fingerprint density at radius 1 is 1.32 bits per heavy atom. The lowest BCUT2D eigenvalue weighted by atomic mass is 9.86. The lowest BCUT2D eigenvalue weighted by molar-refractivity contribution is 0.319. The first-order valence-electron chi connectivity index (χ1n) is 7.50. The SMILES string of the molecule is CCCOc1cccc(NC2CCCCC2C)c1N. The van der Waals surface area contributed by atoms with E-state index >= 15 is 0 Å². The molecule has 2 atom stereocenters. The molecule has 2 rings (SSSR count). The molecule has 1 fully saturated rings. The zero-order valence-corrected chi connectivity index (χ0v) is 12.1. The van der Waals surface area contributed by atoms with Crippen molar-refractivity contribution in [2.75, 3.05) is 17.7 Å². The lowest BCUT2D eigenvalue weighted by Gasteiger charge is -2.31. The van der Waals surface area contributed by atoms with E-state index in [0.29, 0.717) is 18.6 Å². The average Bonchev–Trinajstić information content (AvgIpc) is 2.42. The van der Waals surface area contributed by atoms with Crippen molar-refractivity contribution in [3.8, 4) is 5.75 Å². The van der Waals surface area contributed by atoms with E-state index in [9.17, 15) is 0 Å². The molecule has 0 saturated heterocycles. The normalized spacial score (nSPS) is 23.1. The van der Waals surface area contributed by atoms with E-state index in [0.717, 1.165) is 23.5 Å². The monoisotopic (exact) mass is 262 g/mol. The Morgan fingerprint density at radius 3 is 2.84 bits per heavy atom. The molecular formula is C16H26N2O. The van der Waals surface area contributed by atoms with Crippen molar-refractivity contribution in [2.45, 2.75) is 52.0 Å². The minimum Gasteiger partial charge on any atom is -0.491 e. The second kappa shape index (κ2) is 6.69. The molecule has 19 heavy (non-hydrogen) atoms. The van der Waals surface area contributed by atoms with Gasteiger partial charge >= 0.3 is 0 Å². The number of anilines is 2. The van der Waals surface area contributed by atoms with Crippen molar-refractivity contribution in [1.29, 1.82) is 0 Å². The Balaban J connectivity index is 2.07. The van der Waals surface area contributed by atoms with Gasteiger partial charge in [-0.05, 0) is 37.3 Å². The lowest BCUT2D eigenvalue weighted by Crippen LogP contribution is -2.30. The van der Waals surface area contributed by atoms with Crippen molar-refractivity contribution >= 4 is 11.4 Å². The topological polar surface area (TPSA) is 47.3 Å². The molecule has 0 heterocycles. The first-order valence-corrected chi connectivity index (χ1v) is 7.50. The van der Waals surface area contributed by atoms with Gasteiger partial charge in [-0.1, -0.05) is 32.8 Å². The molecule has 1 aromatic rings. The highest BCUT2D eigenvalue weighted by Gasteiger charge is 2.21. The van der Waals surface area contributed by atoms with Crippen molar-refractivity contribution in [2.24, 2.45) is 5.92 Å². The Kier molecular flexibility index (Phi) is 4.94. The fraction of sp³-hybridized carbons (Fsp3) is 0.625. The van der Waals surface area contributed by atoms with Gasteiger partial charge < -0.3 is 15.8 Å². The molecule has 0 aromatic heterocycles. The van der Waals surface area contributed by atoms with Crippen LogP contribution in [0.25, 0.3) is 0 Å². The summed E-state index contributed by atoms with van der Waals surface area (Å²) in [4.78, 5) is 0. The maximum absolute atomic E-state index is 6.20.